The summed E-state index contributed by atoms with van der Waals surface area (Å²) in [6, 6.07) is 6.40. The first-order valence-electron chi connectivity index (χ1n) is 14.3. The molecule has 2 N–H and O–H groups in total. The minimum Gasteiger partial charge on any atom is -0.492 e. The van der Waals surface area contributed by atoms with Gasteiger partial charge in [0.1, 0.15) is 35.6 Å². The van der Waals surface area contributed by atoms with Gasteiger partial charge >= 0.3 is 12.1 Å². The van der Waals surface area contributed by atoms with Crippen LogP contribution in [-0.2, 0) is 22.1 Å². The van der Waals surface area contributed by atoms with Gasteiger partial charge in [-0.15, -0.1) is 0 Å². The zero-order valence-corrected chi connectivity index (χ0v) is 23.7. The summed E-state index contributed by atoms with van der Waals surface area (Å²) < 4.78 is 110. The van der Waals surface area contributed by atoms with E-state index in [1.807, 2.05) is 0 Å². The Morgan fingerprint density at radius 1 is 1.02 bits per heavy atom. The van der Waals surface area contributed by atoms with Crippen LogP contribution >= 0.6 is 0 Å². The van der Waals surface area contributed by atoms with Gasteiger partial charge in [0.2, 0.25) is 0 Å². The van der Waals surface area contributed by atoms with Crippen LogP contribution in [0.15, 0.2) is 36.4 Å². The van der Waals surface area contributed by atoms with Crippen molar-refractivity contribution in [2.24, 2.45) is 0 Å². The fourth-order valence-corrected chi connectivity index (χ4v) is 6.24. The third-order valence-electron chi connectivity index (χ3n) is 8.47. The highest BCUT2D eigenvalue weighted by molar-refractivity contribution is 5.75. The highest BCUT2D eigenvalue weighted by Crippen LogP contribution is 2.49. The first-order valence-corrected chi connectivity index (χ1v) is 14.3. The zero-order chi connectivity index (χ0) is 32.1. The Kier molecular flexibility index (Phi) is 8.10. The van der Waals surface area contributed by atoms with Crippen LogP contribution in [0, 0.1) is 17.5 Å². The van der Waals surface area contributed by atoms with Gasteiger partial charge in [-0.2, -0.15) is 13.2 Å². The van der Waals surface area contributed by atoms with Crippen molar-refractivity contribution < 1.29 is 60.3 Å². The van der Waals surface area contributed by atoms with E-state index >= 15 is 13.2 Å². The molecule has 13 heteroatoms. The lowest BCUT2D eigenvalue weighted by Crippen LogP contribution is -2.41. The number of benzene rings is 3. The van der Waals surface area contributed by atoms with Crippen molar-refractivity contribution in [1.29, 1.82) is 0 Å². The summed E-state index contributed by atoms with van der Waals surface area (Å²) in [6.07, 6.45) is -5.85. The van der Waals surface area contributed by atoms with E-state index in [2.05, 4.69) is 0 Å². The van der Waals surface area contributed by atoms with Crippen LogP contribution < -0.4 is 14.2 Å². The lowest BCUT2D eigenvalue weighted by molar-refractivity contribution is -0.138. The molecule has 3 aromatic rings. The molecule has 7 nitrogen and oxygen atoms in total. The fraction of sp³-hybridized carbons (Fsp3) is 0.406. The van der Waals surface area contributed by atoms with E-state index < -0.39 is 70.3 Å². The number of ether oxygens (including phenoxy) is 4. The van der Waals surface area contributed by atoms with Crippen LogP contribution in [0.1, 0.15) is 60.0 Å². The Labute approximate surface area is 253 Å². The molecular weight excluding hydrogens is 610 g/mol. The molecule has 0 radical (unpaired) electrons. The maximum absolute atomic E-state index is 15.4. The summed E-state index contributed by atoms with van der Waals surface area (Å²) >= 11 is 0. The van der Waals surface area contributed by atoms with E-state index in [-0.39, 0.29) is 74.7 Å². The molecule has 3 aliphatic rings. The molecule has 0 saturated carbocycles. The normalized spacial score (nSPS) is 20.3. The third-order valence-corrected chi connectivity index (χ3v) is 8.47. The first kappa shape index (κ1) is 31.0. The van der Waals surface area contributed by atoms with Crippen molar-refractivity contribution in [2.75, 3.05) is 26.4 Å². The molecule has 6 rings (SSSR count). The molecule has 1 aliphatic carbocycles. The molecule has 1 unspecified atom stereocenters. The van der Waals surface area contributed by atoms with E-state index in [1.165, 1.54) is 6.07 Å². The third kappa shape index (κ3) is 6.15. The van der Waals surface area contributed by atoms with Crippen LogP contribution in [0.4, 0.5) is 26.3 Å². The fourth-order valence-electron chi connectivity index (χ4n) is 6.24. The Balaban J connectivity index is 1.32. The average molecular weight is 639 g/mol. The molecule has 1 fully saturated rings. The Hall–Kier alpha value is -3.97. The number of carboxylic acids is 1. The van der Waals surface area contributed by atoms with E-state index in [0.717, 1.165) is 0 Å². The zero-order valence-electron chi connectivity index (χ0n) is 23.7. The minimum atomic E-state index is -5.05. The molecule has 0 spiro atoms. The lowest BCUT2D eigenvalue weighted by Gasteiger charge is -2.31. The number of hydrogen-bond acceptors (Lipinski definition) is 6. The maximum Gasteiger partial charge on any atom is 0.417 e. The second-order valence-corrected chi connectivity index (χ2v) is 11.5. The van der Waals surface area contributed by atoms with E-state index in [0.29, 0.717) is 29.5 Å². The van der Waals surface area contributed by atoms with Gasteiger partial charge in [0, 0.05) is 49.2 Å². The average Bonchev–Trinajstić information content (AvgIpc) is 3.56. The standard InChI is InChI=1S/C32H28F6O7/c33-22-13-21(32(36,37)38)28(16-9-23(34)30(24(35)10-16)44-15-31(41)5-7-42-8-6-31)20-3-4-25(29(20)22)45-18-1-2-19-17(11-27(39)40)14-43-26(19)12-18/h1-2,9-10,12-13,17,25,41H,3-8,11,14-15H2,(H,39,40)/t17-,25?/m1/s1. The highest BCUT2D eigenvalue weighted by Gasteiger charge is 2.41. The van der Waals surface area contributed by atoms with Crippen molar-refractivity contribution in [3.8, 4) is 28.4 Å². The number of fused-ring (bicyclic) bond motifs is 2. The van der Waals surface area contributed by atoms with Gasteiger partial charge in [-0.1, -0.05) is 6.07 Å². The SMILES string of the molecule is O=C(O)C[C@@H]1COc2cc(OC3CCc4c(-c5cc(F)c(OCC6(O)CCOCC6)c(F)c5)c(C(F)(F)F)cc(F)c43)ccc21. The molecule has 0 amide bonds. The number of halogens is 6. The predicted octanol–water partition coefficient (Wildman–Crippen LogP) is 6.73. The van der Waals surface area contributed by atoms with Crippen molar-refractivity contribution in [3.05, 3.63) is 76.1 Å². The lowest BCUT2D eigenvalue weighted by atomic mass is 9.90. The molecule has 2 aliphatic heterocycles. The van der Waals surface area contributed by atoms with Gasteiger partial charge in [0.15, 0.2) is 17.4 Å². The molecule has 240 valence electrons. The van der Waals surface area contributed by atoms with Gasteiger partial charge in [-0.3, -0.25) is 4.79 Å². The van der Waals surface area contributed by atoms with E-state index in [1.54, 1.807) is 12.1 Å². The number of hydrogen-bond donors (Lipinski definition) is 2. The highest BCUT2D eigenvalue weighted by atomic mass is 19.4. The van der Waals surface area contributed by atoms with E-state index in [4.69, 9.17) is 24.1 Å². The number of alkyl halides is 3. The van der Waals surface area contributed by atoms with Gasteiger partial charge in [-0.25, -0.2) is 13.2 Å². The van der Waals surface area contributed by atoms with Gasteiger partial charge in [0.05, 0.1) is 18.6 Å². The molecular formula is C32H28F6O7. The smallest absolute Gasteiger partial charge is 0.417 e. The summed E-state index contributed by atoms with van der Waals surface area (Å²) in [7, 11) is 0. The first-order chi connectivity index (χ1) is 21.3. The van der Waals surface area contributed by atoms with Crippen LogP contribution in [-0.4, -0.2) is 48.2 Å². The van der Waals surface area contributed by atoms with Crippen LogP contribution in [0.5, 0.6) is 17.2 Å². The number of aliphatic hydroxyl groups is 1. The van der Waals surface area contributed by atoms with E-state index in [9.17, 15) is 23.1 Å². The van der Waals surface area contributed by atoms with Crippen molar-refractivity contribution in [1.82, 2.24) is 0 Å². The quantitative estimate of drug-likeness (QED) is 0.265. The van der Waals surface area contributed by atoms with Crippen molar-refractivity contribution in [3.63, 3.8) is 0 Å². The predicted molar refractivity (Wildman–Crippen MR) is 146 cm³/mol. The molecule has 3 aromatic carbocycles. The number of aliphatic carboxylic acids is 1. The van der Waals surface area contributed by atoms with Crippen LogP contribution in [0.2, 0.25) is 0 Å². The minimum absolute atomic E-state index is 0.0745. The Bertz CT molecular complexity index is 1610. The second-order valence-electron chi connectivity index (χ2n) is 11.5. The molecule has 0 aromatic heterocycles. The number of carboxylic acid groups (broad SMARTS) is 1. The summed E-state index contributed by atoms with van der Waals surface area (Å²) in [5.74, 6) is -5.31. The summed E-state index contributed by atoms with van der Waals surface area (Å²) in [4.78, 5) is 11.1. The number of carbonyl (C=O) groups is 1. The van der Waals surface area contributed by atoms with Crippen LogP contribution in [0.25, 0.3) is 11.1 Å². The summed E-state index contributed by atoms with van der Waals surface area (Å²) in [5.41, 5.74) is -3.37. The monoisotopic (exact) mass is 638 g/mol. The summed E-state index contributed by atoms with van der Waals surface area (Å²) in [6.45, 7) is 0.175. The molecule has 2 heterocycles. The molecule has 1 saturated heterocycles. The van der Waals surface area contributed by atoms with Crippen molar-refractivity contribution in [2.45, 2.75) is 55.9 Å². The Morgan fingerprint density at radius 2 is 1.73 bits per heavy atom. The topological polar surface area (TPSA) is 94.5 Å². The van der Waals surface area contributed by atoms with Crippen molar-refractivity contribution >= 4 is 5.97 Å². The van der Waals surface area contributed by atoms with Gasteiger partial charge in [0.25, 0.3) is 0 Å². The Morgan fingerprint density at radius 3 is 2.40 bits per heavy atom. The molecule has 2 atom stereocenters. The molecule has 45 heavy (non-hydrogen) atoms. The molecule has 0 bridgehead atoms. The summed E-state index contributed by atoms with van der Waals surface area (Å²) in [5, 5.41) is 19.7. The maximum atomic E-state index is 15.4. The number of rotatable bonds is 8. The van der Waals surface area contributed by atoms with Gasteiger partial charge < -0.3 is 29.2 Å². The largest absolute Gasteiger partial charge is 0.492 e. The second kappa shape index (κ2) is 11.8. The van der Waals surface area contributed by atoms with Gasteiger partial charge in [-0.05, 0) is 53.8 Å². The van der Waals surface area contributed by atoms with Crippen LogP contribution in [0.3, 0.4) is 0 Å².